The molecule has 0 aliphatic carbocycles. The first-order valence-electron chi connectivity index (χ1n) is 7.05. The number of thiophene rings is 1. The second kappa shape index (κ2) is 6.28. The second-order valence-electron chi connectivity index (χ2n) is 5.22. The van der Waals surface area contributed by atoms with E-state index in [4.69, 9.17) is 5.11 Å². The number of anilines is 1. The first-order chi connectivity index (χ1) is 10.2. The van der Waals surface area contributed by atoms with Crippen molar-refractivity contribution in [3.05, 3.63) is 52.9 Å². The number of piperazine rings is 1. The number of hydrogen-bond acceptors (Lipinski definition) is 4. The van der Waals surface area contributed by atoms with E-state index in [9.17, 15) is 4.79 Å². The third kappa shape index (κ3) is 3.43. The predicted octanol–water partition coefficient (Wildman–Crippen LogP) is 2.77. The van der Waals surface area contributed by atoms with E-state index in [1.54, 1.807) is 23.5 Å². The minimum absolute atomic E-state index is 0.365. The fraction of sp³-hybridized carbons (Fsp3) is 0.312. The topological polar surface area (TPSA) is 43.8 Å². The number of aromatic carboxylic acids is 1. The zero-order chi connectivity index (χ0) is 14.7. The van der Waals surface area contributed by atoms with Gasteiger partial charge in [0, 0.05) is 32.7 Å². The summed E-state index contributed by atoms with van der Waals surface area (Å²) < 4.78 is 0. The van der Waals surface area contributed by atoms with Crippen LogP contribution in [0.3, 0.4) is 0 Å². The summed E-state index contributed by atoms with van der Waals surface area (Å²) in [4.78, 5) is 15.8. The maximum absolute atomic E-state index is 11.0. The summed E-state index contributed by atoms with van der Waals surface area (Å²) in [6.45, 7) is 4.89. The van der Waals surface area contributed by atoms with Crippen LogP contribution in [-0.2, 0) is 6.54 Å². The van der Waals surface area contributed by atoms with Gasteiger partial charge in [0.05, 0.1) is 10.6 Å². The summed E-state index contributed by atoms with van der Waals surface area (Å²) in [5, 5.41) is 12.5. The van der Waals surface area contributed by atoms with Gasteiger partial charge in [0.15, 0.2) is 0 Å². The second-order valence-corrected chi connectivity index (χ2v) is 6.15. The number of rotatable bonds is 4. The van der Waals surface area contributed by atoms with Crippen molar-refractivity contribution in [3.63, 3.8) is 0 Å². The van der Waals surface area contributed by atoms with Crippen molar-refractivity contribution in [2.75, 3.05) is 31.1 Å². The molecular formula is C16H18N2O2S. The first kappa shape index (κ1) is 14.1. The number of benzene rings is 1. The van der Waals surface area contributed by atoms with Crippen LogP contribution in [0.25, 0.3) is 0 Å². The summed E-state index contributed by atoms with van der Waals surface area (Å²) in [6, 6.07) is 11.5. The fourth-order valence-corrected chi connectivity index (χ4v) is 3.42. The van der Waals surface area contributed by atoms with E-state index in [2.05, 4.69) is 27.3 Å². The normalized spacial score (nSPS) is 16.1. The van der Waals surface area contributed by atoms with Gasteiger partial charge in [0.2, 0.25) is 0 Å². The van der Waals surface area contributed by atoms with E-state index in [-0.39, 0.29) is 0 Å². The fourth-order valence-electron chi connectivity index (χ4n) is 2.64. The van der Waals surface area contributed by atoms with Crippen LogP contribution in [0.5, 0.6) is 0 Å². The molecule has 1 aromatic carbocycles. The average Bonchev–Trinajstić information content (AvgIpc) is 3.02. The van der Waals surface area contributed by atoms with Crippen LogP contribution in [-0.4, -0.2) is 42.2 Å². The van der Waals surface area contributed by atoms with Gasteiger partial charge in [-0.05, 0) is 35.2 Å². The standard InChI is InChI=1S/C16H18N2O2S/c19-16(20)14-4-1-3-13(11-14)12-17-6-8-18(9-7-17)15-5-2-10-21-15/h1-5,10-11H,6-9,12H2,(H,19,20). The van der Waals surface area contributed by atoms with E-state index < -0.39 is 5.97 Å². The van der Waals surface area contributed by atoms with Gasteiger partial charge in [-0.15, -0.1) is 11.3 Å². The molecule has 1 saturated heterocycles. The lowest BCUT2D eigenvalue weighted by Gasteiger charge is -2.35. The lowest BCUT2D eigenvalue weighted by molar-refractivity contribution is 0.0696. The molecule has 1 aromatic heterocycles. The van der Waals surface area contributed by atoms with Crippen molar-refractivity contribution in [1.82, 2.24) is 4.90 Å². The number of carboxylic acids is 1. The Bertz CT molecular complexity index is 604. The first-order valence-corrected chi connectivity index (χ1v) is 7.93. The molecule has 2 heterocycles. The van der Waals surface area contributed by atoms with Crippen LogP contribution in [0, 0.1) is 0 Å². The molecule has 2 aromatic rings. The SMILES string of the molecule is O=C(O)c1cccc(CN2CCN(c3cccs3)CC2)c1. The molecule has 1 fully saturated rings. The van der Waals surface area contributed by atoms with Gasteiger partial charge in [-0.2, -0.15) is 0 Å². The molecule has 21 heavy (non-hydrogen) atoms. The molecule has 0 bridgehead atoms. The third-order valence-electron chi connectivity index (χ3n) is 3.77. The molecule has 4 nitrogen and oxygen atoms in total. The Morgan fingerprint density at radius 3 is 2.62 bits per heavy atom. The maximum atomic E-state index is 11.0. The predicted molar refractivity (Wildman–Crippen MR) is 85.2 cm³/mol. The van der Waals surface area contributed by atoms with Crippen LogP contribution in [0.4, 0.5) is 5.00 Å². The molecular weight excluding hydrogens is 284 g/mol. The average molecular weight is 302 g/mol. The molecule has 1 aliphatic heterocycles. The molecule has 110 valence electrons. The molecule has 5 heteroatoms. The Hall–Kier alpha value is -1.85. The Balaban J connectivity index is 1.58. The van der Waals surface area contributed by atoms with Crippen molar-refractivity contribution in [2.45, 2.75) is 6.54 Å². The highest BCUT2D eigenvalue weighted by atomic mass is 32.1. The molecule has 3 rings (SSSR count). The highest BCUT2D eigenvalue weighted by Gasteiger charge is 2.18. The molecule has 0 radical (unpaired) electrons. The summed E-state index contributed by atoms with van der Waals surface area (Å²) in [7, 11) is 0. The number of nitrogens with zero attached hydrogens (tertiary/aromatic N) is 2. The Morgan fingerprint density at radius 2 is 1.95 bits per heavy atom. The minimum atomic E-state index is -0.862. The molecule has 0 amide bonds. The highest BCUT2D eigenvalue weighted by molar-refractivity contribution is 7.14. The van der Waals surface area contributed by atoms with Crippen LogP contribution < -0.4 is 4.90 Å². The highest BCUT2D eigenvalue weighted by Crippen LogP contribution is 2.22. The van der Waals surface area contributed by atoms with Crippen LogP contribution in [0.2, 0.25) is 0 Å². The smallest absolute Gasteiger partial charge is 0.335 e. The molecule has 0 unspecified atom stereocenters. The van der Waals surface area contributed by atoms with Crippen LogP contribution in [0.1, 0.15) is 15.9 Å². The van der Waals surface area contributed by atoms with Crippen molar-refractivity contribution < 1.29 is 9.90 Å². The summed E-state index contributed by atoms with van der Waals surface area (Å²) in [5.74, 6) is -0.862. The zero-order valence-corrected chi connectivity index (χ0v) is 12.6. The van der Waals surface area contributed by atoms with E-state index >= 15 is 0 Å². The Morgan fingerprint density at radius 1 is 1.14 bits per heavy atom. The lowest BCUT2D eigenvalue weighted by atomic mass is 10.1. The van der Waals surface area contributed by atoms with Crippen LogP contribution >= 0.6 is 11.3 Å². The monoisotopic (exact) mass is 302 g/mol. The molecule has 1 N–H and O–H groups in total. The molecule has 0 atom stereocenters. The number of carboxylic acid groups (broad SMARTS) is 1. The molecule has 0 saturated carbocycles. The van der Waals surface area contributed by atoms with Crippen molar-refractivity contribution in [1.29, 1.82) is 0 Å². The number of hydrogen-bond donors (Lipinski definition) is 1. The van der Waals surface area contributed by atoms with Gasteiger partial charge < -0.3 is 10.0 Å². The number of carbonyl (C=O) groups is 1. The van der Waals surface area contributed by atoms with Crippen molar-refractivity contribution in [2.24, 2.45) is 0 Å². The quantitative estimate of drug-likeness (QED) is 0.943. The molecule has 0 spiro atoms. The van der Waals surface area contributed by atoms with E-state index in [1.165, 1.54) is 5.00 Å². The largest absolute Gasteiger partial charge is 0.478 e. The van der Waals surface area contributed by atoms with Crippen LogP contribution in [0.15, 0.2) is 41.8 Å². The van der Waals surface area contributed by atoms with Gasteiger partial charge in [0.1, 0.15) is 0 Å². The van der Waals surface area contributed by atoms with Gasteiger partial charge in [-0.3, -0.25) is 4.90 Å². The van der Waals surface area contributed by atoms with Gasteiger partial charge in [0.25, 0.3) is 0 Å². The van der Waals surface area contributed by atoms with Crippen molar-refractivity contribution >= 4 is 22.3 Å². The Labute approximate surface area is 128 Å². The molecule has 1 aliphatic rings. The van der Waals surface area contributed by atoms with Crippen molar-refractivity contribution in [3.8, 4) is 0 Å². The third-order valence-corrected chi connectivity index (χ3v) is 4.70. The van der Waals surface area contributed by atoms with E-state index in [0.717, 1.165) is 38.3 Å². The summed E-state index contributed by atoms with van der Waals surface area (Å²) >= 11 is 1.78. The van der Waals surface area contributed by atoms with Gasteiger partial charge in [-0.25, -0.2) is 4.79 Å². The van der Waals surface area contributed by atoms with Gasteiger partial charge >= 0.3 is 5.97 Å². The minimum Gasteiger partial charge on any atom is -0.478 e. The summed E-state index contributed by atoms with van der Waals surface area (Å²) in [6.07, 6.45) is 0. The van der Waals surface area contributed by atoms with E-state index in [1.807, 2.05) is 12.1 Å². The van der Waals surface area contributed by atoms with E-state index in [0.29, 0.717) is 5.56 Å². The zero-order valence-electron chi connectivity index (χ0n) is 11.7. The Kier molecular flexibility index (Phi) is 4.22. The lowest BCUT2D eigenvalue weighted by Crippen LogP contribution is -2.45. The maximum Gasteiger partial charge on any atom is 0.335 e. The van der Waals surface area contributed by atoms with Gasteiger partial charge in [-0.1, -0.05) is 12.1 Å². The summed E-state index contributed by atoms with van der Waals surface area (Å²) in [5.41, 5.74) is 1.43.